The first-order chi connectivity index (χ1) is 8.49. The predicted molar refractivity (Wildman–Crippen MR) is 78.2 cm³/mol. The van der Waals surface area contributed by atoms with E-state index in [0.717, 1.165) is 11.7 Å². The molecular weight excluding hydrogens is 222 g/mol. The van der Waals surface area contributed by atoms with Gasteiger partial charge in [-0.25, -0.2) is 0 Å². The summed E-state index contributed by atoms with van der Waals surface area (Å²) < 4.78 is 5.41. The van der Waals surface area contributed by atoms with Crippen molar-refractivity contribution in [1.29, 1.82) is 0 Å². The maximum absolute atomic E-state index is 5.41. The van der Waals surface area contributed by atoms with E-state index in [1.807, 2.05) is 7.05 Å². The van der Waals surface area contributed by atoms with Crippen molar-refractivity contribution in [3.8, 4) is 5.75 Å². The van der Waals surface area contributed by atoms with Crippen LogP contribution in [0.25, 0.3) is 0 Å². The van der Waals surface area contributed by atoms with Crippen molar-refractivity contribution in [1.82, 2.24) is 5.32 Å². The second-order valence-electron chi connectivity index (χ2n) is 5.60. The Morgan fingerprint density at radius 1 is 1.22 bits per heavy atom. The molecule has 0 radical (unpaired) electrons. The monoisotopic (exact) mass is 249 g/mol. The first kappa shape index (κ1) is 15.0. The quantitative estimate of drug-likeness (QED) is 0.824. The molecule has 1 aromatic carbocycles. The molecule has 2 unspecified atom stereocenters. The number of rotatable bonds is 6. The third-order valence-electron chi connectivity index (χ3n) is 3.51. The van der Waals surface area contributed by atoms with E-state index in [4.69, 9.17) is 4.74 Å². The third-order valence-corrected chi connectivity index (χ3v) is 3.51. The number of nitrogens with one attached hydrogen (secondary N) is 1. The molecule has 0 saturated carbocycles. The van der Waals surface area contributed by atoms with E-state index in [9.17, 15) is 0 Å². The molecule has 0 amide bonds. The lowest BCUT2D eigenvalue weighted by atomic mass is 9.87. The van der Waals surface area contributed by atoms with E-state index in [0.29, 0.717) is 12.0 Å². The minimum Gasteiger partial charge on any atom is -0.496 e. The van der Waals surface area contributed by atoms with Crippen LogP contribution >= 0.6 is 0 Å². The van der Waals surface area contributed by atoms with Gasteiger partial charge in [0.15, 0.2) is 0 Å². The van der Waals surface area contributed by atoms with Crippen molar-refractivity contribution in [2.24, 2.45) is 11.8 Å². The Hall–Kier alpha value is -1.02. The van der Waals surface area contributed by atoms with Crippen LogP contribution in [0.5, 0.6) is 5.75 Å². The molecule has 0 aliphatic rings. The summed E-state index contributed by atoms with van der Waals surface area (Å²) in [6.45, 7) is 8.94. The summed E-state index contributed by atoms with van der Waals surface area (Å²) >= 11 is 0. The standard InChI is InChI=1S/C16H27NO/c1-11(2)9-13(4)16(17-5)14-8-7-12(3)15(10-14)18-6/h7-8,10-11,13,16-17H,9H2,1-6H3. The van der Waals surface area contributed by atoms with Crippen LogP contribution in [0.15, 0.2) is 18.2 Å². The average molecular weight is 249 g/mol. The average Bonchev–Trinajstić information content (AvgIpc) is 2.31. The summed E-state index contributed by atoms with van der Waals surface area (Å²) in [7, 11) is 3.77. The summed E-state index contributed by atoms with van der Waals surface area (Å²) in [5.41, 5.74) is 2.50. The maximum Gasteiger partial charge on any atom is 0.122 e. The van der Waals surface area contributed by atoms with Crippen LogP contribution in [0.3, 0.4) is 0 Å². The number of methoxy groups -OCH3 is 1. The van der Waals surface area contributed by atoms with E-state index in [1.54, 1.807) is 7.11 Å². The molecule has 2 atom stereocenters. The van der Waals surface area contributed by atoms with Crippen molar-refractivity contribution in [2.45, 2.75) is 40.2 Å². The zero-order valence-electron chi connectivity index (χ0n) is 12.6. The van der Waals surface area contributed by atoms with Crippen LogP contribution in [0.1, 0.15) is 44.4 Å². The van der Waals surface area contributed by atoms with Gasteiger partial charge in [-0.05, 0) is 49.4 Å². The summed E-state index contributed by atoms with van der Waals surface area (Å²) in [6.07, 6.45) is 1.22. The largest absolute Gasteiger partial charge is 0.496 e. The van der Waals surface area contributed by atoms with Gasteiger partial charge in [-0.2, -0.15) is 0 Å². The third kappa shape index (κ3) is 3.74. The molecule has 2 heteroatoms. The SMILES string of the molecule is CNC(c1ccc(C)c(OC)c1)C(C)CC(C)C. The van der Waals surface area contributed by atoms with Gasteiger partial charge in [-0.3, -0.25) is 0 Å². The van der Waals surface area contributed by atoms with Crippen LogP contribution < -0.4 is 10.1 Å². The number of benzene rings is 1. The van der Waals surface area contributed by atoms with Gasteiger partial charge < -0.3 is 10.1 Å². The molecule has 1 N–H and O–H groups in total. The Labute approximate surface area is 112 Å². The van der Waals surface area contributed by atoms with Crippen molar-refractivity contribution < 1.29 is 4.74 Å². The minimum absolute atomic E-state index is 0.391. The maximum atomic E-state index is 5.41. The summed E-state index contributed by atoms with van der Waals surface area (Å²) in [4.78, 5) is 0. The molecule has 102 valence electrons. The van der Waals surface area contributed by atoms with Crippen molar-refractivity contribution in [3.63, 3.8) is 0 Å². The predicted octanol–water partition coefficient (Wildman–Crippen LogP) is 3.95. The van der Waals surface area contributed by atoms with Gasteiger partial charge in [0.25, 0.3) is 0 Å². The number of hydrogen-bond acceptors (Lipinski definition) is 2. The fourth-order valence-corrected chi connectivity index (χ4v) is 2.69. The zero-order chi connectivity index (χ0) is 13.7. The van der Waals surface area contributed by atoms with Crippen LogP contribution in [0, 0.1) is 18.8 Å². The lowest BCUT2D eigenvalue weighted by Gasteiger charge is -2.26. The second-order valence-corrected chi connectivity index (χ2v) is 5.60. The summed E-state index contributed by atoms with van der Waals surface area (Å²) in [5, 5.41) is 3.44. The van der Waals surface area contributed by atoms with Gasteiger partial charge in [-0.1, -0.05) is 32.9 Å². The molecule has 1 rings (SSSR count). The normalized spacial score (nSPS) is 14.6. The van der Waals surface area contributed by atoms with Crippen LogP contribution in [-0.4, -0.2) is 14.2 Å². The van der Waals surface area contributed by atoms with Crippen LogP contribution in [-0.2, 0) is 0 Å². The van der Waals surface area contributed by atoms with E-state index in [-0.39, 0.29) is 0 Å². The van der Waals surface area contributed by atoms with Crippen LogP contribution in [0.2, 0.25) is 0 Å². The topological polar surface area (TPSA) is 21.3 Å². The first-order valence-electron chi connectivity index (χ1n) is 6.81. The lowest BCUT2D eigenvalue weighted by molar-refractivity contribution is 0.341. The van der Waals surface area contributed by atoms with Gasteiger partial charge in [0.1, 0.15) is 5.75 Å². The van der Waals surface area contributed by atoms with Gasteiger partial charge in [0, 0.05) is 6.04 Å². The Kier molecular flexibility index (Phi) is 5.67. The van der Waals surface area contributed by atoms with E-state index < -0.39 is 0 Å². The van der Waals surface area contributed by atoms with Crippen LogP contribution in [0.4, 0.5) is 0 Å². The Balaban J connectivity index is 2.94. The highest BCUT2D eigenvalue weighted by molar-refractivity contribution is 5.38. The fourth-order valence-electron chi connectivity index (χ4n) is 2.69. The smallest absolute Gasteiger partial charge is 0.122 e. The number of aryl methyl sites for hydroxylation is 1. The molecular formula is C16H27NO. The van der Waals surface area contributed by atoms with E-state index >= 15 is 0 Å². The lowest BCUT2D eigenvalue weighted by Crippen LogP contribution is -2.24. The van der Waals surface area contributed by atoms with Gasteiger partial charge >= 0.3 is 0 Å². The summed E-state index contributed by atoms with van der Waals surface area (Å²) in [6, 6.07) is 6.89. The molecule has 0 aliphatic heterocycles. The molecule has 0 heterocycles. The molecule has 0 fully saturated rings. The molecule has 0 spiro atoms. The van der Waals surface area contributed by atoms with Gasteiger partial charge in [0.05, 0.1) is 7.11 Å². The van der Waals surface area contributed by atoms with E-state index in [1.165, 1.54) is 17.5 Å². The molecule has 0 aromatic heterocycles. The molecule has 0 saturated heterocycles. The number of hydrogen-bond donors (Lipinski definition) is 1. The molecule has 0 bridgehead atoms. The Morgan fingerprint density at radius 3 is 2.39 bits per heavy atom. The molecule has 18 heavy (non-hydrogen) atoms. The number of ether oxygens (including phenoxy) is 1. The summed E-state index contributed by atoms with van der Waals surface area (Å²) in [5.74, 6) is 2.31. The highest BCUT2D eigenvalue weighted by Crippen LogP contribution is 2.30. The van der Waals surface area contributed by atoms with Crippen molar-refractivity contribution in [2.75, 3.05) is 14.2 Å². The van der Waals surface area contributed by atoms with Gasteiger partial charge in [-0.15, -0.1) is 0 Å². The Bertz CT molecular complexity index is 373. The van der Waals surface area contributed by atoms with Crippen molar-refractivity contribution >= 4 is 0 Å². The zero-order valence-corrected chi connectivity index (χ0v) is 12.6. The Morgan fingerprint density at radius 2 is 1.89 bits per heavy atom. The highest BCUT2D eigenvalue weighted by atomic mass is 16.5. The molecule has 2 nitrogen and oxygen atoms in total. The molecule has 1 aromatic rings. The minimum atomic E-state index is 0.391. The van der Waals surface area contributed by atoms with Crippen molar-refractivity contribution in [3.05, 3.63) is 29.3 Å². The highest BCUT2D eigenvalue weighted by Gasteiger charge is 2.19. The first-order valence-corrected chi connectivity index (χ1v) is 6.81. The fraction of sp³-hybridized carbons (Fsp3) is 0.625. The second kappa shape index (κ2) is 6.79. The van der Waals surface area contributed by atoms with E-state index in [2.05, 4.69) is 51.2 Å². The van der Waals surface area contributed by atoms with Gasteiger partial charge in [0.2, 0.25) is 0 Å². The molecule has 0 aliphatic carbocycles.